The van der Waals surface area contributed by atoms with Crippen molar-refractivity contribution in [2.75, 3.05) is 32.8 Å². The van der Waals surface area contributed by atoms with Crippen molar-refractivity contribution in [2.24, 2.45) is 0 Å². The van der Waals surface area contributed by atoms with Crippen molar-refractivity contribution in [3.63, 3.8) is 0 Å². The number of aromatic hydroxyl groups is 1. The Labute approximate surface area is 251 Å². The molecule has 2 saturated heterocycles. The van der Waals surface area contributed by atoms with Gasteiger partial charge in [0.05, 0.1) is 34.1 Å². The van der Waals surface area contributed by atoms with Gasteiger partial charge in [0.1, 0.15) is 29.1 Å². The number of nitrogens with one attached hydrogen (secondary N) is 1. The van der Waals surface area contributed by atoms with Crippen molar-refractivity contribution < 1.29 is 36.5 Å². The quantitative estimate of drug-likeness (QED) is 0.304. The van der Waals surface area contributed by atoms with E-state index in [1.54, 1.807) is 30.3 Å². The molecule has 1 aliphatic carbocycles. The van der Waals surface area contributed by atoms with E-state index in [-0.39, 0.29) is 53.1 Å². The number of fused-ring (bicyclic) bond motifs is 1. The summed E-state index contributed by atoms with van der Waals surface area (Å²) >= 11 is 0. The monoisotopic (exact) mass is 631 g/mol. The Hall–Kier alpha value is -2.81. The number of sulfone groups is 1. The van der Waals surface area contributed by atoms with Gasteiger partial charge in [-0.3, -0.25) is 4.98 Å². The lowest BCUT2D eigenvalue weighted by atomic mass is 9.88. The largest absolute Gasteiger partial charge is 0.506 e. The molecule has 2 atom stereocenters. The third-order valence-corrected chi connectivity index (χ3v) is 12.8. The fraction of sp³-hybridized carbons (Fsp3) is 0.500. The molecule has 0 amide bonds. The minimum atomic E-state index is -3.95. The molecule has 43 heavy (non-hydrogen) atoms. The molecule has 1 aromatic heterocycles. The molecule has 0 bridgehead atoms. The van der Waals surface area contributed by atoms with E-state index < -0.39 is 31.6 Å². The lowest BCUT2D eigenvalue weighted by Gasteiger charge is -2.38. The number of benzene rings is 2. The summed E-state index contributed by atoms with van der Waals surface area (Å²) in [7, 11) is -7.27. The summed E-state index contributed by atoms with van der Waals surface area (Å²) in [4.78, 5) is 4.33. The second-order valence-corrected chi connectivity index (χ2v) is 16.0. The Balaban J connectivity index is 0.989. The molecule has 1 saturated carbocycles. The predicted molar refractivity (Wildman–Crippen MR) is 159 cm³/mol. The van der Waals surface area contributed by atoms with Crippen molar-refractivity contribution in [3.8, 4) is 11.5 Å². The summed E-state index contributed by atoms with van der Waals surface area (Å²) in [6, 6.07) is 11.7. The third-order valence-electron chi connectivity index (χ3n) is 8.60. The maximum absolute atomic E-state index is 13.4. The van der Waals surface area contributed by atoms with Gasteiger partial charge in [0.25, 0.3) is 0 Å². The molecule has 232 valence electrons. The molecule has 3 aromatic rings. The van der Waals surface area contributed by atoms with E-state index in [4.69, 9.17) is 9.47 Å². The zero-order chi connectivity index (χ0) is 30.4. The van der Waals surface area contributed by atoms with Crippen molar-refractivity contribution >= 4 is 30.8 Å². The summed E-state index contributed by atoms with van der Waals surface area (Å²) in [5.74, 6) is 0.110. The molecule has 0 radical (unpaired) electrons. The molecule has 3 heterocycles. The molecule has 3 fully saturated rings. The first kappa shape index (κ1) is 30.2. The van der Waals surface area contributed by atoms with E-state index in [0.717, 1.165) is 5.56 Å². The van der Waals surface area contributed by atoms with Crippen LogP contribution in [0.25, 0.3) is 10.9 Å². The fourth-order valence-corrected chi connectivity index (χ4v) is 9.09. The Morgan fingerprint density at radius 3 is 2.65 bits per heavy atom. The Bertz CT molecular complexity index is 1720. The second-order valence-electron chi connectivity index (χ2n) is 11.9. The summed E-state index contributed by atoms with van der Waals surface area (Å²) in [6.07, 6.45) is 3.49. The minimum Gasteiger partial charge on any atom is -0.506 e. The molecule has 6 rings (SSSR count). The molecule has 2 aromatic carbocycles. The predicted octanol–water partition coefficient (Wildman–Crippen LogP) is 2.53. The smallest absolute Gasteiger partial charge is 0.248 e. The maximum Gasteiger partial charge on any atom is 0.248 e. The summed E-state index contributed by atoms with van der Waals surface area (Å²) in [6.45, 7) is 3.12. The lowest BCUT2D eigenvalue weighted by Crippen LogP contribution is -2.47. The number of piperidine rings is 1. The van der Waals surface area contributed by atoms with Crippen LogP contribution in [0.5, 0.6) is 11.5 Å². The third kappa shape index (κ3) is 6.24. The number of aryl methyl sites for hydroxylation is 1. The highest BCUT2D eigenvalue weighted by atomic mass is 32.2. The van der Waals surface area contributed by atoms with Gasteiger partial charge in [0.2, 0.25) is 10.0 Å². The molecule has 13 heteroatoms. The van der Waals surface area contributed by atoms with Crippen LogP contribution in [0.1, 0.15) is 37.7 Å². The van der Waals surface area contributed by atoms with Crippen molar-refractivity contribution in [1.29, 1.82) is 0 Å². The number of sulfonamides is 1. The normalized spacial score (nSPS) is 21.8. The van der Waals surface area contributed by atoms with Crippen LogP contribution in [-0.2, 0) is 24.6 Å². The zero-order valence-corrected chi connectivity index (χ0v) is 25.6. The number of ether oxygens (including phenoxy) is 2. The van der Waals surface area contributed by atoms with Crippen molar-refractivity contribution in [2.45, 2.75) is 71.8 Å². The first-order valence-electron chi connectivity index (χ1n) is 14.6. The Morgan fingerprint density at radius 2 is 1.91 bits per heavy atom. The lowest BCUT2D eigenvalue weighted by molar-refractivity contribution is -0.0312. The summed E-state index contributed by atoms with van der Waals surface area (Å²) in [5.41, 5.74) is 1.05. The Kier molecular flexibility index (Phi) is 8.16. The molecule has 1 spiro atoms. The van der Waals surface area contributed by atoms with Gasteiger partial charge in [-0.05, 0) is 74.9 Å². The van der Waals surface area contributed by atoms with Gasteiger partial charge < -0.3 is 25.0 Å². The zero-order valence-electron chi connectivity index (χ0n) is 24.0. The average molecular weight is 632 g/mol. The van der Waals surface area contributed by atoms with Gasteiger partial charge in [0.15, 0.2) is 9.84 Å². The molecular weight excluding hydrogens is 594 g/mol. The van der Waals surface area contributed by atoms with Crippen molar-refractivity contribution in [1.82, 2.24) is 14.6 Å². The van der Waals surface area contributed by atoms with Crippen LogP contribution < -0.4 is 10.1 Å². The SMILES string of the molecule is Cc1ccc2c(O)c(S(=O)(=O)N3CCC4(CC3)C[C@@H](NC[C@H](O)COc3cccc(S(=O)(=O)C5CC5)c3)CO4)cnc2c1. The highest BCUT2D eigenvalue weighted by Gasteiger charge is 2.45. The summed E-state index contributed by atoms with van der Waals surface area (Å²) in [5, 5.41) is 24.7. The fourth-order valence-electron chi connectivity index (χ4n) is 5.92. The first-order valence-corrected chi connectivity index (χ1v) is 17.6. The number of rotatable bonds is 10. The van der Waals surface area contributed by atoms with Gasteiger partial charge in [-0.2, -0.15) is 4.31 Å². The number of aliphatic hydroxyl groups excluding tert-OH is 1. The Morgan fingerprint density at radius 1 is 1.14 bits per heavy atom. The van der Waals surface area contributed by atoms with E-state index >= 15 is 0 Å². The van der Waals surface area contributed by atoms with E-state index in [0.29, 0.717) is 55.4 Å². The molecule has 3 aliphatic rings. The number of hydrogen-bond acceptors (Lipinski definition) is 10. The molecular formula is C30H37N3O8S2. The number of hydrogen-bond donors (Lipinski definition) is 3. The topological polar surface area (TPSA) is 155 Å². The average Bonchev–Trinajstić information content (AvgIpc) is 3.78. The van der Waals surface area contributed by atoms with Gasteiger partial charge in [-0.25, -0.2) is 16.8 Å². The number of nitrogens with zero attached hydrogens (tertiary/aromatic N) is 2. The van der Waals surface area contributed by atoms with Gasteiger partial charge in [-0.15, -0.1) is 0 Å². The standard InChI is InChI=1S/C30H37N3O8S2/c1-20-5-8-26-27(13-20)32-17-28(29(26)35)43(38,39)33-11-9-30(10-12-33)15-21(18-41-30)31-16-22(34)19-40-23-3-2-4-25(14-23)42(36,37)24-6-7-24/h2-5,8,13-14,17,21-22,24,31,34H,6-7,9-12,15-16,18-19H2,1H3,(H,32,35)/t21-,22+/m1/s1. The van der Waals surface area contributed by atoms with Crippen LogP contribution in [0.15, 0.2) is 58.5 Å². The van der Waals surface area contributed by atoms with Crippen molar-refractivity contribution in [3.05, 3.63) is 54.2 Å². The molecule has 11 nitrogen and oxygen atoms in total. The van der Waals surface area contributed by atoms with E-state index in [1.807, 2.05) is 13.0 Å². The van der Waals surface area contributed by atoms with Crippen LogP contribution in [-0.4, -0.2) is 92.2 Å². The molecule has 0 unspecified atom stereocenters. The van der Waals surface area contributed by atoms with Crippen LogP contribution in [0.4, 0.5) is 0 Å². The number of pyridine rings is 1. The van der Waals surface area contributed by atoms with Crippen LogP contribution >= 0.6 is 0 Å². The van der Waals surface area contributed by atoms with E-state index in [2.05, 4.69) is 10.3 Å². The summed E-state index contributed by atoms with van der Waals surface area (Å²) < 4.78 is 65.1. The van der Waals surface area contributed by atoms with Gasteiger partial charge >= 0.3 is 0 Å². The van der Waals surface area contributed by atoms with Gasteiger partial charge in [-0.1, -0.05) is 12.1 Å². The van der Waals surface area contributed by atoms with E-state index in [1.165, 1.54) is 16.6 Å². The van der Waals surface area contributed by atoms with Crippen LogP contribution in [0, 0.1) is 6.92 Å². The first-order chi connectivity index (χ1) is 20.5. The molecule has 2 aliphatic heterocycles. The maximum atomic E-state index is 13.4. The van der Waals surface area contributed by atoms with Gasteiger partial charge in [0, 0.05) is 31.1 Å². The highest BCUT2D eigenvalue weighted by Crippen LogP contribution is 2.39. The minimum absolute atomic E-state index is 0.00154. The number of aliphatic hydroxyl groups is 1. The second kappa shape index (κ2) is 11.6. The van der Waals surface area contributed by atoms with Crippen LogP contribution in [0.2, 0.25) is 0 Å². The number of aromatic nitrogens is 1. The van der Waals surface area contributed by atoms with Crippen LogP contribution in [0.3, 0.4) is 0 Å². The highest BCUT2D eigenvalue weighted by molar-refractivity contribution is 7.92. The molecule has 3 N–H and O–H groups in total. The van der Waals surface area contributed by atoms with E-state index in [9.17, 15) is 27.0 Å².